The SMILES string of the molecule is CCc1cc2c(cn1)NC(=O)C2. The molecule has 1 aliphatic rings. The van der Waals surface area contributed by atoms with Gasteiger partial charge in [0.15, 0.2) is 0 Å². The molecule has 3 nitrogen and oxygen atoms in total. The minimum absolute atomic E-state index is 0.0695. The molecule has 2 rings (SSSR count). The average Bonchev–Trinajstić information content (AvgIpc) is 2.43. The summed E-state index contributed by atoms with van der Waals surface area (Å²) in [5, 5.41) is 2.75. The Kier molecular flexibility index (Phi) is 1.57. The minimum Gasteiger partial charge on any atom is -0.324 e. The lowest BCUT2D eigenvalue weighted by atomic mass is 10.1. The molecule has 0 saturated carbocycles. The molecule has 62 valence electrons. The molecule has 3 heteroatoms. The van der Waals surface area contributed by atoms with E-state index in [9.17, 15) is 4.79 Å². The van der Waals surface area contributed by atoms with Crippen LogP contribution in [-0.2, 0) is 17.6 Å². The molecule has 0 aromatic carbocycles. The average molecular weight is 162 g/mol. The summed E-state index contributed by atoms with van der Waals surface area (Å²) in [5.41, 5.74) is 2.99. The molecule has 0 saturated heterocycles. The molecule has 0 aliphatic carbocycles. The van der Waals surface area contributed by atoms with Gasteiger partial charge in [0.05, 0.1) is 18.3 Å². The van der Waals surface area contributed by atoms with E-state index in [-0.39, 0.29) is 5.91 Å². The summed E-state index contributed by atoms with van der Waals surface area (Å²) in [6.07, 6.45) is 3.16. The number of fused-ring (bicyclic) bond motifs is 1. The number of aryl methyl sites for hydroxylation is 1. The molecule has 0 spiro atoms. The highest BCUT2D eigenvalue weighted by Gasteiger charge is 2.17. The van der Waals surface area contributed by atoms with E-state index in [0.717, 1.165) is 23.4 Å². The standard InChI is InChI=1S/C9H10N2O/c1-2-7-3-6-4-9(12)11-8(6)5-10-7/h3,5H,2,4H2,1H3,(H,11,12). The van der Waals surface area contributed by atoms with E-state index in [0.29, 0.717) is 6.42 Å². The highest BCUT2D eigenvalue weighted by molar-refractivity contribution is 5.98. The second kappa shape index (κ2) is 2.59. The zero-order valence-electron chi connectivity index (χ0n) is 6.92. The van der Waals surface area contributed by atoms with Crippen molar-refractivity contribution >= 4 is 11.6 Å². The number of nitrogens with one attached hydrogen (secondary N) is 1. The number of pyridine rings is 1. The Morgan fingerprint density at radius 3 is 3.25 bits per heavy atom. The van der Waals surface area contributed by atoms with Gasteiger partial charge in [-0.25, -0.2) is 0 Å². The van der Waals surface area contributed by atoms with E-state index in [2.05, 4.69) is 17.2 Å². The molecular weight excluding hydrogens is 152 g/mol. The van der Waals surface area contributed by atoms with Crippen molar-refractivity contribution in [1.29, 1.82) is 0 Å². The quantitative estimate of drug-likeness (QED) is 0.672. The van der Waals surface area contributed by atoms with Crippen molar-refractivity contribution in [2.24, 2.45) is 0 Å². The first-order chi connectivity index (χ1) is 5.79. The highest BCUT2D eigenvalue weighted by Crippen LogP contribution is 2.21. The van der Waals surface area contributed by atoms with Gasteiger partial charge in [-0.2, -0.15) is 0 Å². The van der Waals surface area contributed by atoms with Crippen LogP contribution in [0.2, 0.25) is 0 Å². The molecule has 0 atom stereocenters. The molecule has 0 radical (unpaired) electrons. The molecule has 1 aliphatic heterocycles. The van der Waals surface area contributed by atoms with Gasteiger partial charge >= 0.3 is 0 Å². The summed E-state index contributed by atoms with van der Waals surface area (Å²) in [5.74, 6) is 0.0695. The van der Waals surface area contributed by atoms with Gasteiger partial charge in [-0.15, -0.1) is 0 Å². The van der Waals surface area contributed by atoms with Crippen molar-refractivity contribution in [3.8, 4) is 0 Å². The number of carbonyl (C=O) groups is 1. The van der Waals surface area contributed by atoms with E-state index in [4.69, 9.17) is 0 Å². The zero-order valence-corrected chi connectivity index (χ0v) is 6.92. The second-order valence-electron chi connectivity index (χ2n) is 2.91. The molecule has 0 unspecified atom stereocenters. The third-order valence-corrected chi connectivity index (χ3v) is 2.03. The van der Waals surface area contributed by atoms with E-state index < -0.39 is 0 Å². The van der Waals surface area contributed by atoms with E-state index in [1.165, 1.54) is 0 Å². The number of anilines is 1. The normalized spacial score (nSPS) is 14.2. The molecule has 1 aromatic heterocycles. The van der Waals surface area contributed by atoms with Crippen LogP contribution in [0.25, 0.3) is 0 Å². The fraction of sp³-hybridized carbons (Fsp3) is 0.333. The lowest BCUT2D eigenvalue weighted by Crippen LogP contribution is -2.03. The maximum absolute atomic E-state index is 11.0. The summed E-state index contributed by atoms with van der Waals surface area (Å²) in [7, 11) is 0. The Labute approximate surface area is 70.8 Å². The minimum atomic E-state index is 0.0695. The summed E-state index contributed by atoms with van der Waals surface area (Å²) in [6.45, 7) is 2.05. The largest absolute Gasteiger partial charge is 0.324 e. The van der Waals surface area contributed by atoms with E-state index >= 15 is 0 Å². The first-order valence-corrected chi connectivity index (χ1v) is 4.07. The molecular formula is C9H10N2O. The Morgan fingerprint density at radius 2 is 2.50 bits per heavy atom. The van der Waals surface area contributed by atoms with Crippen molar-refractivity contribution < 1.29 is 4.79 Å². The fourth-order valence-electron chi connectivity index (χ4n) is 1.37. The number of aromatic nitrogens is 1. The van der Waals surface area contributed by atoms with Crippen molar-refractivity contribution in [3.63, 3.8) is 0 Å². The van der Waals surface area contributed by atoms with Gasteiger partial charge in [0, 0.05) is 5.69 Å². The summed E-state index contributed by atoms with van der Waals surface area (Å²) >= 11 is 0. The maximum atomic E-state index is 11.0. The van der Waals surface area contributed by atoms with Gasteiger partial charge in [0.2, 0.25) is 5.91 Å². The number of nitrogens with zero attached hydrogens (tertiary/aromatic N) is 1. The summed E-state index contributed by atoms with van der Waals surface area (Å²) < 4.78 is 0. The predicted octanol–water partition coefficient (Wildman–Crippen LogP) is 1.14. The van der Waals surface area contributed by atoms with Crippen molar-refractivity contribution in [1.82, 2.24) is 4.98 Å². The van der Waals surface area contributed by atoms with Gasteiger partial charge in [-0.1, -0.05) is 6.92 Å². The first kappa shape index (κ1) is 7.28. The second-order valence-corrected chi connectivity index (χ2v) is 2.91. The Balaban J connectivity index is 2.41. The monoisotopic (exact) mass is 162 g/mol. The van der Waals surface area contributed by atoms with Crippen LogP contribution in [0.1, 0.15) is 18.2 Å². The fourth-order valence-corrected chi connectivity index (χ4v) is 1.37. The third kappa shape index (κ3) is 1.07. The zero-order chi connectivity index (χ0) is 8.55. The van der Waals surface area contributed by atoms with Gasteiger partial charge in [-0.3, -0.25) is 9.78 Å². The van der Waals surface area contributed by atoms with Crippen LogP contribution in [0, 0.1) is 0 Å². The van der Waals surface area contributed by atoms with Gasteiger partial charge in [-0.05, 0) is 18.1 Å². The lowest BCUT2D eigenvalue weighted by Gasteiger charge is -1.99. The van der Waals surface area contributed by atoms with Crippen molar-refractivity contribution in [3.05, 3.63) is 23.5 Å². The topological polar surface area (TPSA) is 42.0 Å². The molecule has 0 fully saturated rings. The van der Waals surface area contributed by atoms with Crippen LogP contribution in [0.5, 0.6) is 0 Å². The molecule has 12 heavy (non-hydrogen) atoms. The molecule has 1 amide bonds. The smallest absolute Gasteiger partial charge is 0.228 e. The molecule has 1 N–H and O–H groups in total. The number of rotatable bonds is 1. The van der Waals surface area contributed by atoms with Crippen molar-refractivity contribution in [2.45, 2.75) is 19.8 Å². The molecule has 0 bridgehead atoms. The van der Waals surface area contributed by atoms with Crippen LogP contribution in [0.3, 0.4) is 0 Å². The predicted molar refractivity (Wildman–Crippen MR) is 45.9 cm³/mol. The highest BCUT2D eigenvalue weighted by atomic mass is 16.1. The van der Waals surface area contributed by atoms with Crippen LogP contribution >= 0.6 is 0 Å². The van der Waals surface area contributed by atoms with Crippen molar-refractivity contribution in [2.75, 3.05) is 5.32 Å². The summed E-state index contributed by atoms with van der Waals surface area (Å²) in [4.78, 5) is 15.1. The lowest BCUT2D eigenvalue weighted by molar-refractivity contribution is -0.115. The third-order valence-electron chi connectivity index (χ3n) is 2.03. The van der Waals surface area contributed by atoms with E-state index in [1.54, 1.807) is 6.20 Å². The Bertz CT molecular complexity index is 333. The Hall–Kier alpha value is -1.38. The first-order valence-electron chi connectivity index (χ1n) is 4.07. The van der Waals surface area contributed by atoms with Gasteiger partial charge < -0.3 is 5.32 Å². The number of carbonyl (C=O) groups excluding carboxylic acids is 1. The molecule has 2 heterocycles. The Morgan fingerprint density at radius 1 is 1.67 bits per heavy atom. The maximum Gasteiger partial charge on any atom is 0.228 e. The summed E-state index contributed by atoms with van der Waals surface area (Å²) in [6, 6.07) is 1.99. The van der Waals surface area contributed by atoms with Crippen LogP contribution in [0.15, 0.2) is 12.3 Å². The molecule has 1 aromatic rings. The van der Waals surface area contributed by atoms with Gasteiger partial charge in [0.25, 0.3) is 0 Å². The number of hydrogen-bond acceptors (Lipinski definition) is 2. The van der Waals surface area contributed by atoms with Gasteiger partial charge in [0.1, 0.15) is 0 Å². The van der Waals surface area contributed by atoms with Crippen LogP contribution < -0.4 is 5.32 Å². The van der Waals surface area contributed by atoms with Crippen LogP contribution in [-0.4, -0.2) is 10.9 Å². The van der Waals surface area contributed by atoms with E-state index in [1.807, 2.05) is 6.07 Å². The number of amides is 1. The number of hydrogen-bond donors (Lipinski definition) is 1. The van der Waals surface area contributed by atoms with Crippen LogP contribution in [0.4, 0.5) is 5.69 Å².